The predicted molar refractivity (Wildman–Crippen MR) is 123 cm³/mol. The third-order valence-electron chi connectivity index (χ3n) is 5.79. The van der Waals surface area contributed by atoms with E-state index in [1.165, 1.54) is 4.31 Å². The molecule has 0 aliphatic carbocycles. The number of hydrogen-bond acceptors (Lipinski definition) is 6. The molecule has 1 aliphatic heterocycles. The molecule has 0 N–H and O–H groups in total. The zero-order valence-corrected chi connectivity index (χ0v) is 18.8. The molecule has 0 atom stereocenters. The Morgan fingerprint density at radius 3 is 2.27 bits per heavy atom. The molecule has 0 unspecified atom stereocenters. The molecule has 1 aromatic heterocycles. The van der Waals surface area contributed by atoms with Crippen LogP contribution in [0.3, 0.4) is 0 Å². The van der Waals surface area contributed by atoms with Crippen LogP contribution in [-0.4, -0.2) is 59.8 Å². The lowest BCUT2D eigenvalue weighted by atomic mass is 10.1. The summed E-state index contributed by atoms with van der Waals surface area (Å²) in [7, 11) is -3.63. The number of carbonyl (C=O) groups excluding carboxylic acids is 1. The van der Waals surface area contributed by atoms with Crippen LogP contribution in [0.25, 0.3) is 22.2 Å². The molecule has 0 radical (unpaired) electrons. The van der Waals surface area contributed by atoms with Crippen LogP contribution in [0.4, 0.5) is 0 Å². The Kier molecular flexibility index (Phi) is 5.43. The largest absolute Gasteiger partial charge is 0.336 e. The van der Waals surface area contributed by atoms with Crippen molar-refractivity contribution in [1.29, 1.82) is 0 Å². The number of sulfonamides is 1. The Hall–Kier alpha value is -3.56. The van der Waals surface area contributed by atoms with Crippen molar-refractivity contribution in [2.75, 3.05) is 26.2 Å². The van der Waals surface area contributed by atoms with Gasteiger partial charge in [0.15, 0.2) is 5.82 Å². The first-order chi connectivity index (χ1) is 15.9. The molecule has 1 fully saturated rings. The topological polar surface area (TPSA) is 96.6 Å². The number of piperazine rings is 1. The number of carbonyl (C=O) groups is 1. The van der Waals surface area contributed by atoms with E-state index in [2.05, 4.69) is 10.1 Å². The van der Waals surface area contributed by atoms with Crippen molar-refractivity contribution in [2.45, 2.75) is 11.8 Å². The fraction of sp³-hybridized carbons (Fsp3) is 0.208. The van der Waals surface area contributed by atoms with Gasteiger partial charge in [0.1, 0.15) is 0 Å². The van der Waals surface area contributed by atoms with E-state index >= 15 is 0 Å². The fourth-order valence-corrected chi connectivity index (χ4v) is 5.42. The van der Waals surface area contributed by atoms with Crippen LogP contribution in [0.1, 0.15) is 16.2 Å². The number of fused-ring (bicyclic) bond motifs is 1. The molecule has 9 heteroatoms. The number of benzene rings is 3. The lowest BCUT2D eigenvalue weighted by Gasteiger charge is -2.34. The number of aryl methyl sites for hydroxylation is 1. The molecule has 1 aliphatic rings. The van der Waals surface area contributed by atoms with Crippen molar-refractivity contribution in [3.05, 3.63) is 78.1 Å². The molecule has 3 aromatic carbocycles. The van der Waals surface area contributed by atoms with Gasteiger partial charge in [0.25, 0.3) is 11.8 Å². The average molecular weight is 463 g/mol. The van der Waals surface area contributed by atoms with Gasteiger partial charge in [0.05, 0.1) is 4.90 Å². The SMILES string of the molecule is Cc1noc(-c2ccc(C(=O)N3CCN(S(=O)(=O)c4ccc5ccccc5c4)CC3)cc2)n1. The van der Waals surface area contributed by atoms with Crippen LogP contribution in [-0.2, 0) is 10.0 Å². The van der Waals surface area contributed by atoms with Gasteiger partial charge in [-0.25, -0.2) is 8.42 Å². The lowest BCUT2D eigenvalue weighted by Crippen LogP contribution is -2.50. The highest BCUT2D eigenvalue weighted by Gasteiger charge is 2.30. The minimum absolute atomic E-state index is 0.133. The molecule has 0 bridgehead atoms. The van der Waals surface area contributed by atoms with Gasteiger partial charge >= 0.3 is 0 Å². The van der Waals surface area contributed by atoms with Crippen LogP contribution in [0.15, 0.2) is 76.1 Å². The van der Waals surface area contributed by atoms with Crippen molar-refractivity contribution in [2.24, 2.45) is 0 Å². The molecule has 5 rings (SSSR count). The second kappa shape index (κ2) is 8.42. The smallest absolute Gasteiger partial charge is 0.257 e. The first-order valence-electron chi connectivity index (χ1n) is 10.6. The quantitative estimate of drug-likeness (QED) is 0.462. The maximum absolute atomic E-state index is 13.2. The molecule has 0 spiro atoms. The fourth-order valence-electron chi connectivity index (χ4n) is 3.96. The van der Waals surface area contributed by atoms with Crippen LogP contribution >= 0.6 is 0 Å². The monoisotopic (exact) mass is 462 g/mol. The summed E-state index contributed by atoms with van der Waals surface area (Å²) in [6.07, 6.45) is 0. The maximum atomic E-state index is 13.2. The summed E-state index contributed by atoms with van der Waals surface area (Å²) in [6.45, 7) is 2.90. The van der Waals surface area contributed by atoms with Gasteiger partial charge < -0.3 is 9.42 Å². The Morgan fingerprint density at radius 1 is 0.909 bits per heavy atom. The van der Waals surface area contributed by atoms with Gasteiger partial charge in [-0.1, -0.05) is 35.5 Å². The summed E-state index contributed by atoms with van der Waals surface area (Å²) < 4.78 is 32.9. The van der Waals surface area contributed by atoms with E-state index in [9.17, 15) is 13.2 Å². The van der Waals surface area contributed by atoms with Crippen molar-refractivity contribution < 1.29 is 17.7 Å². The predicted octanol–water partition coefficient (Wildman–Crippen LogP) is 3.34. The standard InChI is InChI=1S/C24H22N4O4S/c1-17-25-23(32-26-17)19-6-8-20(9-7-19)24(29)27-12-14-28(15-13-27)33(30,31)22-11-10-18-4-2-3-5-21(18)16-22/h2-11,16H,12-15H2,1H3. The molecule has 2 heterocycles. The highest BCUT2D eigenvalue weighted by Crippen LogP contribution is 2.24. The summed E-state index contributed by atoms with van der Waals surface area (Å²) in [5, 5.41) is 5.65. The van der Waals surface area contributed by atoms with Crippen LogP contribution < -0.4 is 0 Å². The number of nitrogens with zero attached hydrogens (tertiary/aromatic N) is 4. The van der Waals surface area contributed by atoms with Gasteiger partial charge in [-0.05, 0) is 54.1 Å². The number of aromatic nitrogens is 2. The third kappa shape index (κ3) is 4.12. The summed E-state index contributed by atoms with van der Waals surface area (Å²) >= 11 is 0. The van der Waals surface area contributed by atoms with Gasteiger partial charge in [0.2, 0.25) is 10.0 Å². The first kappa shape index (κ1) is 21.3. The molecule has 8 nitrogen and oxygen atoms in total. The van der Waals surface area contributed by atoms with E-state index in [4.69, 9.17) is 4.52 Å². The summed E-state index contributed by atoms with van der Waals surface area (Å²) in [5.74, 6) is 0.812. The van der Waals surface area contributed by atoms with E-state index in [0.29, 0.717) is 30.4 Å². The lowest BCUT2D eigenvalue weighted by molar-refractivity contribution is 0.0698. The Labute approximate surface area is 191 Å². The number of amides is 1. The molecule has 4 aromatic rings. The molecular formula is C24H22N4O4S. The first-order valence-corrected chi connectivity index (χ1v) is 12.0. The summed E-state index contributed by atoms with van der Waals surface area (Å²) in [5.41, 5.74) is 1.26. The molecule has 0 saturated carbocycles. The third-order valence-corrected chi connectivity index (χ3v) is 7.69. The molecule has 168 valence electrons. The van der Waals surface area contributed by atoms with E-state index in [1.807, 2.05) is 30.3 Å². The van der Waals surface area contributed by atoms with Crippen molar-refractivity contribution in [3.8, 4) is 11.5 Å². The Morgan fingerprint density at radius 2 is 1.61 bits per heavy atom. The van der Waals surface area contributed by atoms with Gasteiger partial charge in [-0.3, -0.25) is 4.79 Å². The second-order valence-electron chi connectivity index (χ2n) is 7.93. The van der Waals surface area contributed by atoms with Gasteiger partial charge in [-0.2, -0.15) is 9.29 Å². The van der Waals surface area contributed by atoms with Crippen LogP contribution in [0.5, 0.6) is 0 Å². The van der Waals surface area contributed by atoms with Crippen LogP contribution in [0, 0.1) is 6.92 Å². The maximum Gasteiger partial charge on any atom is 0.257 e. The molecule has 1 saturated heterocycles. The Bertz CT molecular complexity index is 1420. The van der Waals surface area contributed by atoms with Gasteiger partial charge in [-0.15, -0.1) is 0 Å². The second-order valence-corrected chi connectivity index (χ2v) is 9.87. The van der Waals surface area contributed by atoms with Crippen molar-refractivity contribution in [1.82, 2.24) is 19.3 Å². The van der Waals surface area contributed by atoms with Crippen molar-refractivity contribution >= 4 is 26.7 Å². The average Bonchev–Trinajstić information content (AvgIpc) is 3.29. The highest BCUT2D eigenvalue weighted by atomic mass is 32.2. The van der Waals surface area contributed by atoms with E-state index in [1.54, 1.807) is 48.2 Å². The molecule has 33 heavy (non-hydrogen) atoms. The van der Waals surface area contributed by atoms with Gasteiger partial charge in [0, 0.05) is 37.3 Å². The number of hydrogen-bond donors (Lipinski definition) is 0. The van der Waals surface area contributed by atoms with Crippen LogP contribution in [0.2, 0.25) is 0 Å². The summed E-state index contributed by atoms with van der Waals surface area (Å²) in [4.78, 5) is 19.1. The van der Waals surface area contributed by atoms with Crippen molar-refractivity contribution in [3.63, 3.8) is 0 Å². The zero-order chi connectivity index (χ0) is 23.0. The zero-order valence-electron chi connectivity index (χ0n) is 18.0. The van der Waals surface area contributed by atoms with E-state index in [-0.39, 0.29) is 23.9 Å². The van der Waals surface area contributed by atoms with E-state index in [0.717, 1.165) is 16.3 Å². The molecule has 1 amide bonds. The Balaban J connectivity index is 1.26. The minimum atomic E-state index is -3.63. The summed E-state index contributed by atoms with van der Waals surface area (Å²) in [6, 6.07) is 19.8. The highest BCUT2D eigenvalue weighted by molar-refractivity contribution is 7.89. The number of rotatable bonds is 4. The minimum Gasteiger partial charge on any atom is -0.336 e. The molecular weight excluding hydrogens is 440 g/mol. The normalized spacial score (nSPS) is 15.1. The van der Waals surface area contributed by atoms with E-state index < -0.39 is 10.0 Å².